The van der Waals surface area contributed by atoms with E-state index in [1.165, 1.54) is 5.56 Å². The van der Waals surface area contributed by atoms with Crippen molar-refractivity contribution in [3.05, 3.63) is 89.0 Å². The van der Waals surface area contributed by atoms with Crippen molar-refractivity contribution in [2.24, 2.45) is 0 Å². The number of nitrogens with zero attached hydrogens (tertiary/aromatic N) is 1. The van der Waals surface area contributed by atoms with Crippen LogP contribution in [0.4, 0.5) is 5.69 Å². The molecule has 0 bridgehead atoms. The lowest BCUT2D eigenvalue weighted by atomic mass is 9.87. The zero-order valence-electron chi connectivity index (χ0n) is 19.6. The third-order valence-corrected chi connectivity index (χ3v) is 6.09. The molecule has 0 radical (unpaired) electrons. The second kappa shape index (κ2) is 10.4. The van der Waals surface area contributed by atoms with Gasteiger partial charge >= 0.3 is 0 Å². The van der Waals surface area contributed by atoms with Crippen molar-refractivity contribution in [1.29, 1.82) is 0 Å². The minimum Gasteiger partial charge on any atom is -0.493 e. The average molecular weight is 460 g/mol. The number of hydrogen-bond donors (Lipinski definition) is 2. The zero-order chi connectivity index (χ0) is 24.1. The lowest BCUT2D eigenvalue weighted by molar-refractivity contribution is -0.117. The molecule has 7 heteroatoms. The third-order valence-electron chi connectivity index (χ3n) is 6.09. The molecule has 1 aliphatic heterocycles. The number of fused-ring (bicyclic) bond motifs is 1. The van der Waals surface area contributed by atoms with Crippen LogP contribution in [0, 0.1) is 0 Å². The summed E-state index contributed by atoms with van der Waals surface area (Å²) in [5, 5.41) is 5.54. The first-order chi connectivity index (χ1) is 16.5. The van der Waals surface area contributed by atoms with Crippen molar-refractivity contribution in [1.82, 2.24) is 10.2 Å². The highest BCUT2D eigenvalue weighted by Gasteiger charge is 2.31. The molecule has 34 heavy (non-hydrogen) atoms. The van der Waals surface area contributed by atoms with Gasteiger partial charge in [-0.3, -0.25) is 14.5 Å². The molecule has 0 spiro atoms. The van der Waals surface area contributed by atoms with Crippen LogP contribution in [0.1, 0.15) is 33.1 Å². The summed E-state index contributed by atoms with van der Waals surface area (Å²) >= 11 is 0. The number of carbonyl (C=O) groups excluding carboxylic acids is 2. The van der Waals surface area contributed by atoms with Gasteiger partial charge in [0.1, 0.15) is 0 Å². The van der Waals surface area contributed by atoms with Crippen molar-refractivity contribution < 1.29 is 19.1 Å². The summed E-state index contributed by atoms with van der Waals surface area (Å²) < 4.78 is 11.1. The summed E-state index contributed by atoms with van der Waals surface area (Å²) in [7, 11) is 4.86. The van der Waals surface area contributed by atoms with Gasteiger partial charge in [0.2, 0.25) is 5.91 Å². The predicted molar refractivity (Wildman–Crippen MR) is 132 cm³/mol. The number of nitrogens with one attached hydrogen (secondary N) is 2. The predicted octanol–water partition coefficient (Wildman–Crippen LogP) is 3.65. The fraction of sp³-hybridized carbons (Fsp3) is 0.259. The van der Waals surface area contributed by atoms with Crippen LogP contribution in [0.5, 0.6) is 11.5 Å². The van der Waals surface area contributed by atoms with E-state index in [0.29, 0.717) is 22.7 Å². The van der Waals surface area contributed by atoms with Crippen LogP contribution >= 0.6 is 0 Å². The molecular weight excluding hydrogens is 430 g/mol. The highest BCUT2D eigenvalue weighted by Crippen LogP contribution is 2.40. The van der Waals surface area contributed by atoms with E-state index in [1.54, 1.807) is 45.5 Å². The Labute approximate surface area is 199 Å². The molecule has 3 aromatic rings. The van der Waals surface area contributed by atoms with Crippen molar-refractivity contribution in [2.75, 3.05) is 39.7 Å². The van der Waals surface area contributed by atoms with E-state index >= 15 is 0 Å². The minimum absolute atomic E-state index is 0.0915. The Bertz CT molecular complexity index is 1160. The van der Waals surface area contributed by atoms with Crippen LogP contribution in [0.2, 0.25) is 0 Å². The largest absolute Gasteiger partial charge is 0.493 e. The smallest absolute Gasteiger partial charge is 0.251 e. The van der Waals surface area contributed by atoms with Gasteiger partial charge in [-0.1, -0.05) is 30.3 Å². The molecule has 0 aromatic heterocycles. The first-order valence-electron chi connectivity index (χ1n) is 11.2. The maximum atomic E-state index is 13.0. The van der Waals surface area contributed by atoms with Crippen molar-refractivity contribution in [3.8, 4) is 11.5 Å². The molecule has 0 fully saturated rings. The molecule has 1 heterocycles. The van der Waals surface area contributed by atoms with E-state index in [-0.39, 0.29) is 24.4 Å². The van der Waals surface area contributed by atoms with Gasteiger partial charge < -0.3 is 20.1 Å². The number of ether oxygens (including phenoxy) is 2. The Hall–Kier alpha value is -3.84. The van der Waals surface area contributed by atoms with Gasteiger partial charge in [0.05, 0.1) is 26.8 Å². The van der Waals surface area contributed by atoms with Crippen LogP contribution in [0.3, 0.4) is 0 Å². The van der Waals surface area contributed by atoms with Crippen molar-refractivity contribution in [2.45, 2.75) is 12.5 Å². The van der Waals surface area contributed by atoms with Crippen LogP contribution < -0.4 is 20.1 Å². The Morgan fingerprint density at radius 2 is 1.65 bits per heavy atom. The molecule has 3 aromatic carbocycles. The first-order valence-corrected chi connectivity index (χ1v) is 11.2. The van der Waals surface area contributed by atoms with Gasteiger partial charge in [-0.15, -0.1) is 0 Å². The topological polar surface area (TPSA) is 79.9 Å². The Balaban J connectivity index is 1.58. The molecule has 2 N–H and O–H groups in total. The average Bonchev–Trinajstić information content (AvgIpc) is 2.88. The number of carbonyl (C=O) groups is 2. The quantitative estimate of drug-likeness (QED) is 0.564. The van der Waals surface area contributed by atoms with Crippen molar-refractivity contribution in [3.63, 3.8) is 0 Å². The van der Waals surface area contributed by atoms with Gasteiger partial charge in [0.15, 0.2) is 11.5 Å². The molecule has 1 aliphatic rings. The van der Waals surface area contributed by atoms with Gasteiger partial charge in [0.25, 0.3) is 5.91 Å². The minimum atomic E-state index is -0.164. The summed E-state index contributed by atoms with van der Waals surface area (Å²) in [6.45, 7) is 0.954. The third kappa shape index (κ3) is 4.89. The lowest BCUT2D eigenvalue weighted by Gasteiger charge is -2.37. The van der Waals surface area contributed by atoms with Crippen LogP contribution in [-0.2, 0) is 11.2 Å². The van der Waals surface area contributed by atoms with Crippen LogP contribution in [-0.4, -0.2) is 51.1 Å². The van der Waals surface area contributed by atoms with Gasteiger partial charge in [-0.25, -0.2) is 0 Å². The molecule has 4 rings (SSSR count). The number of benzene rings is 3. The fourth-order valence-corrected chi connectivity index (χ4v) is 4.43. The summed E-state index contributed by atoms with van der Waals surface area (Å²) in [5.41, 5.74) is 4.60. The van der Waals surface area contributed by atoms with Gasteiger partial charge in [0, 0.05) is 24.8 Å². The molecule has 0 saturated heterocycles. The lowest BCUT2D eigenvalue weighted by Crippen LogP contribution is -2.41. The number of anilines is 1. The summed E-state index contributed by atoms with van der Waals surface area (Å²) in [5.74, 6) is 1.10. The maximum absolute atomic E-state index is 13.0. The van der Waals surface area contributed by atoms with Gasteiger partial charge in [-0.2, -0.15) is 0 Å². The van der Waals surface area contributed by atoms with E-state index in [9.17, 15) is 9.59 Å². The van der Waals surface area contributed by atoms with E-state index in [4.69, 9.17) is 9.47 Å². The summed E-state index contributed by atoms with van der Waals surface area (Å²) in [6, 6.07) is 21.0. The fourth-order valence-electron chi connectivity index (χ4n) is 4.43. The van der Waals surface area contributed by atoms with E-state index in [2.05, 4.69) is 27.7 Å². The highest BCUT2D eigenvalue weighted by atomic mass is 16.5. The summed E-state index contributed by atoms with van der Waals surface area (Å²) in [4.78, 5) is 26.9. The SMILES string of the molecule is CNC(=O)c1ccc(NC(=O)CN2CCc3cc(OC)c(OC)cc3C2c2ccccc2)cc1. The number of rotatable bonds is 7. The number of amides is 2. The standard InChI is InChI=1S/C27H29N3O4/c1-28-27(32)19-9-11-21(12-10-19)29-25(31)17-30-14-13-20-15-23(33-2)24(34-3)16-22(20)26(30)18-7-5-4-6-8-18/h4-12,15-16,26H,13-14,17H2,1-3H3,(H,28,32)(H,29,31). The van der Waals surface area contributed by atoms with Crippen molar-refractivity contribution >= 4 is 17.5 Å². The molecule has 1 atom stereocenters. The molecule has 0 saturated carbocycles. The highest BCUT2D eigenvalue weighted by molar-refractivity contribution is 5.96. The van der Waals surface area contributed by atoms with Gasteiger partial charge in [-0.05, 0) is 59.5 Å². The maximum Gasteiger partial charge on any atom is 0.251 e. The number of methoxy groups -OCH3 is 2. The Morgan fingerprint density at radius 3 is 2.29 bits per heavy atom. The number of hydrogen-bond acceptors (Lipinski definition) is 5. The first kappa shape index (κ1) is 23.3. The van der Waals surface area contributed by atoms with E-state index in [0.717, 1.165) is 24.1 Å². The molecule has 1 unspecified atom stereocenters. The zero-order valence-corrected chi connectivity index (χ0v) is 19.6. The molecule has 2 amide bonds. The second-order valence-electron chi connectivity index (χ2n) is 8.14. The van der Waals surface area contributed by atoms with Crippen LogP contribution in [0.15, 0.2) is 66.7 Å². The normalized spacial score (nSPS) is 15.2. The monoisotopic (exact) mass is 459 g/mol. The second-order valence-corrected chi connectivity index (χ2v) is 8.14. The Kier molecular flexibility index (Phi) is 7.13. The van der Waals surface area contributed by atoms with E-state index < -0.39 is 0 Å². The molecular formula is C27H29N3O4. The molecule has 176 valence electrons. The molecule has 7 nitrogen and oxygen atoms in total. The van der Waals surface area contributed by atoms with E-state index in [1.807, 2.05) is 30.3 Å². The Morgan fingerprint density at radius 1 is 0.971 bits per heavy atom. The summed E-state index contributed by atoms with van der Waals surface area (Å²) in [6.07, 6.45) is 0.799. The molecule has 0 aliphatic carbocycles. The van der Waals surface area contributed by atoms with Crippen LogP contribution in [0.25, 0.3) is 0 Å².